The highest BCUT2D eigenvalue weighted by atomic mass is 127. The lowest BCUT2D eigenvalue weighted by Crippen LogP contribution is -2.25. The molecule has 0 fully saturated rings. The maximum absolute atomic E-state index is 5.82. The minimum atomic E-state index is 0. The normalized spacial score (nSPS) is 18.4. The summed E-state index contributed by atoms with van der Waals surface area (Å²) in [5, 5.41) is 0.244. The number of thioether (sulfide) groups is 1. The molecule has 0 aliphatic carbocycles. The number of nitrogens with zero attached hydrogens (tertiary/aromatic N) is 2. The number of hydrogen-bond acceptors (Lipinski definition) is 4. The summed E-state index contributed by atoms with van der Waals surface area (Å²) >= 11 is 1.88. The monoisotopic (exact) mass is 526 g/mol. The Morgan fingerprint density at radius 1 is 0.867 bits per heavy atom. The van der Waals surface area contributed by atoms with E-state index >= 15 is 0 Å². The predicted molar refractivity (Wildman–Crippen MR) is 138 cm³/mol. The highest BCUT2D eigenvalue weighted by Crippen LogP contribution is 2.46. The zero-order valence-electron chi connectivity index (χ0n) is 16.9. The van der Waals surface area contributed by atoms with Gasteiger partial charge >= 0.3 is 0 Å². The van der Waals surface area contributed by atoms with E-state index in [1.54, 1.807) is 7.11 Å². The number of rotatable bonds is 3. The summed E-state index contributed by atoms with van der Waals surface area (Å²) in [7, 11) is 3.89. The molecule has 1 atom stereocenters. The van der Waals surface area contributed by atoms with Crippen LogP contribution in [0.25, 0.3) is 5.57 Å². The second kappa shape index (κ2) is 8.78. The standard InChI is InChI=1S/C25H22N2OS.HI/c1-26-22-14-8-9-15-23(22)29-25(26)17-18-16-24(28-2)27(19-10-4-3-5-11-19)21-13-7-6-12-20(18)21;/h3-17,25H,1-2H3;1H. The Labute approximate surface area is 199 Å². The van der Waals surface area contributed by atoms with Crippen LogP contribution in [-0.2, 0) is 4.74 Å². The zero-order valence-corrected chi connectivity index (χ0v) is 20.0. The number of hydrogen-bond donors (Lipinski definition) is 0. The first kappa shape index (κ1) is 20.9. The zero-order chi connectivity index (χ0) is 19.8. The number of likely N-dealkylation sites (N-methyl/N-ethyl adjacent to an activating group) is 1. The maximum Gasteiger partial charge on any atom is 0.198 e. The van der Waals surface area contributed by atoms with Gasteiger partial charge < -0.3 is 9.64 Å². The molecule has 5 rings (SSSR count). The summed E-state index contributed by atoms with van der Waals surface area (Å²) in [4.78, 5) is 5.83. The minimum absolute atomic E-state index is 0. The van der Waals surface area contributed by atoms with Crippen LogP contribution in [0.1, 0.15) is 5.56 Å². The number of para-hydroxylation sites is 3. The van der Waals surface area contributed by atoms with E-state index in [0.717, 1.165) is 17.3 Å². The maximum atomic E-state index is 5.82. The molecule has 2 aliphatic heterocycles. The van der Waals surface area contributed by atoms with E-state index < -0.39 is 0 Å². The van der Waals surface area contributed by atoms with Crippen molar-refractivity contribution in [1.29, 1.82) is 0 Å². The predicted octanol–water partition coefficient (Wildman–Crippen LogP) is 6.90. The van der Waals surface area contributed by atoms with Crippen molar-refractivity contribution < 1.29 is 4.74 Å². The molecule has 3 aromatic carbocycles. The summed E-state index contributed by atoms with van der Waals surface area (Å²) in [6, 6.07) is 27.5. The fourth-order valence-electron chi connectivity index (χ4n) is 3.93. The lowest BCUT2D eigenvalue weighted by atomic mass is 9.98. The van der Waals surface area contributed by atoms with Crippen molar-refractivity contribution in [2.24, 2.45) is 0 Å². The highest BCUT2D eigenvalue weighted by Gasteiger charge is 2.29. The van der Waals surface area contributed by atoms with Gasteiger partial charge in [0.1, 0.15) is 0 Å². The molecular formula is C25H23IN2OS. The van der Waals surface area contributed by atoms with Gasteiger partial charge in [-0.3, -0.25) is 4.90 Å². The quantitative estimate of drug-likeness (QED) is 0.345. The Morgan fingerprint density at radius 2 is 1.53 bits per heavy atom. The van der Waals surface area contributed by atoms with Crippen molar-refractivity contribution in [3.05, 3.63) is 102 Å². The van der Waals surface area contributed by atoms with Crippen molar-refractivity contribution in [3.8, 4) is 0 Å². The Bertz CT molecular complexity index is 1110. The molecule has 1 unspecified atom stereocenters. The van der Waals surface area contributed by atoms with E-state index in [0.29, 0.717) is 0 Å². The lowest BCUT2D eigenvalue weighted by molar-refractivity contribution is 0.286. The first-order chi connectivity index (χ1) is 14.3. The van der Waals surface area contributed by atoms with Crippen LogP contribution in [0.3, 0.4) is 0 Å². The van der Waals surface area contributed by atoms with E-state index in [-0.39, 0.29) is 29.4 Å². The van der Waals surface area contributed by atoms with E-state index in [4.69, 9.17) is 4.74 Å². The third-order valence-corrected chi connectivity index (χ3v) is 6.67. The topological polar surface area (TPSA) is 15.7 Å². The van der Waals surface area contributed by atoms with Crippen LogP contribution < -0.4 is 9.80 Å². The Kier molecular flexibility index (Phi) is 6.11. The first-order valence-corrected chi connectivity index (χ1v) is 10.5. The molecular weight excluding hydrogens is 503 g/mol. The summed E-state index contributed by atoms with van der Waals surface area (Å²) in [6.45, 7) is 0. The van der Waals surface area contributed by atoms with Gasteiger partial charge in [0.2, 0.25) is 0 Å². The Morgan fingerprint density at radius 3 is 2.27 bits per heavy atom. The van der Waals surface area contributed by atoms with E-state index in [9.17, 15) is 0 Å². The Balaban J connectivity index is 0.00000218. The van der Waals surface area contributed by atoms with Crippen LogP contribution in [0, 0.1) is 0 Å². The largest absolute Gasteiger partial charge is 0.482 e. The summed E-state index contributed by atoms with van der Waals surface area (Å²) in [5.74, 6) is 0.823. The van der Waals surface area contributed by atoms with Gasteiger partial charge in [0, 0.05) is 29.3 Å². The van der Waals surface area contributed by atoms with Gasteiger partial charge in [-0.2, -0.15) is 0 Å². The fraction of sp³-hybridized carbons (Fsp3) is 0.120. The molecule has 3 nitrogen and oxygen atoms in total. The third-order valence-electron chi connectivity index (χ3n) is 5.38. The first-order valence-electron chi connectivity index (χ1n) is 9.67. The molecule has 0 aromatic heterocycles. The molecule has 5 heteroatoms. The van der Waals surface area contributed by atoms with Gasteiger partial charge in [0.25, 0.3) is 0 Å². The molecule has 0 radical (unpaired) electrons. The average molecular weight is 526 g/mol. The van der Waals surface area contributed by atoms with Gasteiger partial charge in [-0.1, -0.05) is 60.3 Å². The summed E-state index contributed by atoms with van der Waals surface area (Å²) in [6.07, 6.45) is 4.48. The summed E-state index contributed by atoms with van der Waals surface area (Å²) < 4.78 is 5.82. The Hall–Kier alpha value is -2.38. The van der Waals surface area contributed by atoms with Gasteiger partial charge in [-0.15, -0.1) is 24.0 Å². The number of benzene rings is 3. The highest BCUT2D eigenvalue weighted by molar-refractivity contribution is 14.0. The minimum Gasteiger partial charge on any atom is -0.482 e. The van der Waals surface area contributed by atoms with Crippen molar-refractivity contribution in [2.75, 3.05) is 24.0 Å². The number of ether oxygens (including phenoxy) is 1. The molecule has 0 N–H and O–H groups in total. The third kappa shape index (κ3) is 3.61. The molecule has 0 saturated carbocycles. The van der Waals surface area contributed by atoms with Crippen molar-refractivity contribution >= 4 is 58.4 Å². The average Bonchev–Trinajstić information content (AvgIpc) is 3.09. The second-order valence-corrected chi connectivity index (χ2v) is 8.24. The van der Waals surface area contributed by atoms with E-state index in [1.165, 1.54) is 21.7 Å². The fourth-order valence-corrected chi connectivity index (χ4v) is 5.17. The molecule has 0 saturated heterocycles. The molecule has 30 heavy (non-hydrogen) atoms. The molecule has 0 amide bonds. The van der Waals surface area contributed by atoms with Crippen LogP contribution in [0.4, 0.5) is 17.1 Å². The SMILES string of the molecule is COC1=CC(=CC2Sc3ccccc3N2C)c2ccccc2N1c1ccccc1.I. The lowest BCUT2D eigenvalue weighted by Gasteiger charge is -2.32. The molecule has 152 valence electrons. The molecule has 0 bridgehead atoms. The molecule has 2 aliphatic rings. The molecule has 0 spiro atoms. The van der Waals surface area contributed by atoms with Crippen LogP contribution in [0.2, 0.25) is 0 Å². The van der Waals surface area contributed by atoms with Crippen molar-refractivity contribution in [2.45, 2.75) is 10.3 Å². The number of methoxy groups -OCH3 is 1. The van der Waals surface area contributed by atoms with Crippen LogP contribution >= 0.6 is 35.7 Å². The van der Waals surface area contributed by atoms with Gasteiger partial charge in [0.15, 0.2) is 5.88 Å². The smallest absolute Gasteiger partial charge is 0.198 e. The second-order valence-electron chi connectivity index (χ2n) is 7.08. The van der Waals surface area contributed by atoms with Gasteiger partial charge in [-0.25, -0.2) is 0 Å². The van der Waals surface area contributed by atoms with Gasteiger partial charge in [-0.05, 0) is 42.0 Å². The van der Waals surface area contributed by atoms with Crippen LogP contribution in [0.15, 0.2) is 102 Å². The van der Waals surface area contributed by atoms with Crippen molar-refractivity contribution in [1.82, 2.24) is 0 Å². The number of fused-ring (bicyclic) bond motifs is 2. The number of anilines is 3. The van der Waals surface area contributed by atoms with E-state index in [1.807, 2.05) is 17.8 Å². The van der Waals surface area contributed by atoms with Gasteiger partial charge in [0.05, 0.1) is 23.9 Å². The number of halogens is 1. The molecule has 2 heterocycles. The molecule has 3 aromatic rings. The van der Waals surface area contributed by atoms with Crippen LogP contribution in [-0.4, -0.2) is 19.5 Å². The summed E-state index contributed by atoms with van der Waals surface area (Å²) in [5.41, 5.74) is 5.90. The van der Waals surface area contributed by atoms with Crippen LogP contribution in [0.5, 0.6) is 0 Å². The van der Waals surface area contributed by atoms with Crippen molar-refractivity contribution in [3.63, 3.8) is 0 Å². The van der Waals surface area contributed by atoms with E-state index in [2.05, 4.69) is 102 Å². The number of allylic oxidation sites excluding steroid dienone is 2.